The van der Waals surface area contributed by atoms with Crippen molar-refractivity contribution in [1.29, 1.82) is 5.26 Å². The Labute approximate surface area is 262 Å². The summed E-state index contributed by atoms with van der Waals surface area (Å²) < 4.78 is 26.3. The van der Waals surface area contributed by atoms with Crippen LogP contribution in [0.1, 0.15) is 62.6 Å². The van der Waals surface area contributed by atoms with Gasteiger partial charge in [0.25, 0.3) is 0 Å². The van der Waals surface area contributed by atoms with Crippen LogP contribution in [0.2, 0.25) is 0 Å². The summed E-state index contributed by atoms with van der Waals surface area (Å²) in [4.78, 5) is 39.7. The molecular formula is C33H38FN7O4. The minimum atomic E-state index is -1.44. The van der Waals surface area contributed by atoms with Crippen LogP contribution >= 0.6 is 0 Å². The summed E-state index contributed by atoms with van der Waals surface area (Å²) in [5.41, 5.74) is 3.39. The lowest BCUT2D eigenvalue weighted by Gasteiger charge is -2.35. The number of likely N-dealkylation sites (tertiary alicyclic amines) is 2. The molecule has 2 fully saturated rings. The molecule has 0 radical (unpaired) electrons. The van der Waals surface area contributed by atoms with Crippen LogP contribution < -0.4 is 10.1 Å². The number of aryl methyl sites for hydroxylation is 1. The summed E-state index contributed by atoms with van der Waals surface area (Å²) in [7, 11) is 0. The molecule has 1 aromatic heterocycles. The third kappa shape index (κ3) is 7.84. The molecule has 2 aromatic carbocycles. The van der Waals surface area contributed by atoms with Crippen LogP contribution in [0.5, 0.6) is 5.75 Å². The summed E-state index contributed by atoms with van der Waals surface area (Å²) in [5.74, 6) is 1.38. The molecule has 3 aromatic rings. The number of halogens is 1. The van der Waals surface area contributed by atoms with Crippen molar-refractivity contribution < 1.29 is 23.5 Å². The molecular weight excluding hydrogens is 577 g/mol. The summed E-state index contributed by atoms with van der Waals surface area (Å²) in [6.45, 7) is 9.04. The number of benzene rings is 2. The number of hydrogen-bond acceptors (Lipinski definition) is 9. The Morgan fingerprint density at radius 1 is 1.11 bits per heavy atom. The van der Waals surface area contributed by atoms with Gasteiger partial charge in [-0.2, -0.15) is 10.2 Å². The molecule has 5 rings (SSSR count). The molecule has 2 saturated heterocycles. The summed E-state index contributed by atoms with van der Waals surface area (Å²) in [6, 6.07) is 13.2. The molecule has 2 amide bonds. The fraction of sp³-hybridized carbons (Fsp3) is 0.455. The van der Waals surface area contributed by atoms with Crippen LogP contribution in [0.25, 0.3) is 11.4 Å². The number of carbonyl (C=O) groups is 2. The van der Waals surface area contributed by atoms with Gasteiger partial charge in [0.1, 0.15) is 29.9 Å². The maximum Gasteiger partial charge on any atom is 0.410 e. The van der Waals surface area contributed by atoms with Crippen molar-refractivity contribution >= 4 is 24.1 Å². The smallest absolute Gasteiger partial charge is 0.410 e. The minimum absolute atomic E-state index is 0.150. The number of ether oxygens (including phenoxy) is 2. The average molecular weight is 616 g/mol. The topological polar surface area (TPSA) is 134 Å². The molecule has 0 spiro atoms. The van der Waals surface area contributed by atoms with Crippen LogP contribution in [0.15, 0.2) is 42.7 Å². The van der Waals surface area contributed by atoms with E-state index in [4.69, 9.17) is 9.47 Å². The number of aromatic nitrogens is 3. The number of alkyl halides is 1. The number of nitrogens with zero attached hydrogens (tertiary/aromatic N) is 6. The average Bonchev–Trinajstić information content (AvgIpc) is 3.01. The van der Waals surface area contributed by atoms with Gasteiger partial charge in [-0.1, -0.05) is 6.07 Å². The molecule has 45 heavy (non-hydrogen) atoms. The second kappa shape index (κ2) is 13.5. The quantitative estimate of drug-likeness (QED) is 0.341. The molecule has 3 heterocycles. The first-order valence-corrected chi connectivity index (χ1v) is 15.1. The molecule has 2 atom stereocenters. The van der Waals surface area contributed by atoms with Gasteiger partial charge in [-0.05, 0) is 87.9 Å². The van der Waals surface area contributed by atoms with Crippen LogP contribution in [-0.4, -0.2) is 81.3 Å². The summed E-state index contributed by atoms with van der Waals surface area (Å²) in [5, 5.41) is 13.1. The Balaban J connectivity index is 1.23. The van der Waals surface area contributed by atoms with Crippen molar-refractivity contribution in [3.8, 4) is 23.2 Å². The van der Waals surface area contributed by atoms with Gasteiger partial charge >= 0.3 is 6.09 Å². The maximum absolute atomic E-state index is 15.0. The van der Waals surface area contributed by atoms with Gasteiger partial charge in [0.2, 0.25) is 12.4 Å². The lowest BCUT2D eigenvalue weighted by atomic mass is 9.87. The molecule has 12 heteroatoms. The summed E-state index contributed by atoms with van der Waals surface area (Å²) in [6.07, 6.45) is 1.65. The van der Waals surface area contributed by atoms with E-state index in [0.29, 0.717) is 23.3 Å². The Hall–Kier alpha value is -4.79. The van der Waals surface area contributed by atoms with E-state index in [1.165, 1.54) is 16.8 Å². The van der Waals surface area contributed by atoms with E-state index in [1.54, 1.807) is 39.0 Å². The van der Waals surface area contributed by atoms with Crippen molar-refractivity contribution in [2.24, 2.45) is 0 Å². The number of rotatable bonds is 7. The van der Waals surface area contributed by atoms with Gasteiger partial charge < -0.3 is 24.6 Å². The van der Waals surface area contributed by atoms with E-state index in [0.717, 1.165) is 43.6 Å². The fourth-order valence-electron chi connectivity index (χ4n) is 5.68. The van der Waals surface area contributed by atoms with E-state index in [-0.39, 0.29) is 30.8 Å². The van der Waals surface area contributed by atoms with Gasteiger partial charge in [0, 0.05) is 37.3 Å². The van der Waals surface area contributed by atoms with E-state index in [9.17, 15) is 14.9 Å². The molecule has 2 unspecified atom stereocenters. The number of nitrogens with one attached hydrogen (secondary N) is 1. The molecule has 11 nitrogen and oxygen atoms in total. The van der Waals surface area contributed by atoms with Crippen molar-refractivity contribution in [3.63, 3.8) is 0 Å². The molecule has 0 aliphatic carbocycles. The Kier molecular flexibility index (Phi) is 9.46. The highest BCUT2D eigenvalue weighted by atomic mass is 19.1. The van der Waals surface area contributed by atoms with Crippen molar-refractivity contribution in [1.82, 2.24) is 24.8 Å². The first-order chi connectivity index (χ1) is 21.5. The van der Waals surface area contributed by atoms with Crippen molar-refractivity contribution in [3.05, 3.63) is 59.4 Å². The monoisotopic (exact) mass is 615 g/mol. The second-order valence-corrected chi connectivity index (χ2v) is 12.5. The number of hydrogen-bond donors (Lipinski definition) is 1. The van der Waals surface area contributed by atoms with E-state index < -0.39 is 24.0 Å². The molecule has 0 saturated carbocycles. The zero-order valence-electron chi connectivity index (χ0n) is 26.0. The predicted molar refractivity (Wildman–Crippen MR) is 166 cm³/mol. The Morgan fingerprint density at radius 2 is 1.89 bits per heavy atom. The minimum Gasteiger partial charge on any atom is -0.486 e. The molecule has 236 valence electrons. The highest BCUT2D eigenvalue weighted by Gasteiger charge is 2.35. The van der Waals surface area contributed by atoms with Gasteiger partial charge in [0.15, 0.2) is 12.0 Å². The molecule has 1 N–H and O–H groups in total. The number of nitriles is 1. The van der Waals surface area contributed by atoms with Crippen molar-refractivity contribution in [2.45, 2.75) is 70.8 Å². The highest BCUT2D eigenvalue weighted by molar-refractivity contribution is 5.68. The Bertz CT molecular complexity index is 1580. The van der Waals surface area contributed by atoms with E-state index in [2.05, 4.69) is 45.4 Å². The first kappa shape index (κ1) is 31.6. The zero-order valence-corrected chi connectivity index (χ0v) is 26.0. The van der Waals surface area contributed by atoms with E-state index >= 15 is 4.39 Å². The van der Waals surface area contributed by atoms with Crippen LogP contribution in [0, 0.1) is 18.3 Å². The SMILES string of the molecule is Cc1cc(Nc2ncnc(-c3ccc(OC4CCN(C(=O)OC(C)(C)C)CC4F)c(C#N)c3)n2)ccc1C1CCN(C=O)CC1. The normalized spacial score (nSPS) is 19.0. The fourth-order valence-corrected chi connectivity index (χ4v) is 5.68. The molecule has 2 aliphatic heterocycles. The largest absolute Gasteiger partial charge is 0.486 e. The maximum atomic E-state index is 15.0. The van der Waals surface area contributed by atoms with Crippen LogP contribution in [-0.2, 0) is 9.53 Å². The lowest BCUT2D eigenvalue weighted by Crippen LogP contribution is -2.50. The van der Waals surface area contributed by atoms with E-state index in [1.807, 2.05) is 11.0 Å². The predicted octanol–water partition coefficient (Wildman–Crippen LogP) is 5.52. The summed E-state index contributed by atoms with van der Waals surface area (Å²) >= 11 is 0. The van der Waals surface area contributed by atoms with Gasteiger partial charge in [-0.3, -0.25) is 4.79 Å². The number of carbonyl (C=O) groups excluding carboxylic acids is 2. The standard InChI is InChI=1S/C33H38FN7O4/c1-21-15-25(6-7-26(21)22-9-12-40(20-42)13-10-22)38-31-37-19-36-30(39-31)23-5-8-28(24(16-23)17-35)44-29-11-14-41(18-27(29)34)32(43)45-33(2,3)4/h5-8,15-16,19-20,22,27,29H,9-14,18H2,1-4H3,(H,36,37,38,39). The third-order valence-corrected chi connectivity index (χ3v) is 7.99. The van der Waals surface area contributed by atoms with Crippen molar-refractivity contribution in [2.75, 3.05) is 31.5 Å². The lowest BCUT2D eigenvalue weighted by molar-refractivity contribution is -0.119. The Morgan fingerprint density at radius 3 is 2.56 bits per heavy atom. The second-order valence-electron chi connectivity index (χ2n) is 12.5. The molecule has 0 bridgehead atoms. The van der Waals surface area contributed by atoms with Gasteiger partial charge in [-0.15, -0.1) is 0 Å². The van der Waals surface area contributed by atoms with Gasteiger partial charge in [-0.25, -0.2) is 19.2 Å². The molecule has 2 aliphatic rings. The highest BCUT2D eigenvalue weighted by Crippen LogP contribution is 2.32. The first-order valence-electron chi connectivity index (χ1n) is 15.1. The number of amides is 2. The number of piperidine rings is 2. The van der Waals surface area contributed by atoms with Crippen LogP contribution in [0.3, 0.4) is 0 Å². The zero-order chi connectivity index (χ0) is 32.1. The third-order valence-electron chi connectivity index (χ3n) is 7.99. The number of anilines is 2. The van der Waals surface area contributed by atoms with Crippen LogP contribution in [0.4, 0.5) is 20.8 Å². The van der Waals surface area contributed by atoms with Gasteiger partial charge in [0.05, 0.1) is 12.1 Å².